The topological polar surface area (TPSA) is 77.2 Å². The van der Waals surface area contributed by atoms with Crippen molar-refractivity contribution >= 4 is 6.09 Å². The molecule has 0 bridgehead atoms. The Hall–Kier alpha value is -1.59. The van der Waals surface area contributed by atoms with E-state index in [1.807, 2.05) is 41.5 Å². The first kappa shape index (κ1) is 15.5. The van der Waals surface area contributed by atoms with Gasteiger partial charge in [-0.1, -0.05) is 25.9 Å². The molecule has 1 amide bonds. The highest BCUT2D eigenvalue weighted by Gasteiger charge is 2.26. The van der Waals surface area contributed by atoms with Crippen LogP contribution < -0.4 is 5.32 Å². The van der Waals surface area contributed by atoms with Gasteiger partial charge in [-0.25, -0.2) is 4.79 Å². The number of alkyl carbamates (subject to hydrolysis) is 1. The van der Waals surface area contributed by atoms with Crippen molar-refractivity contribution in [3.8, 4) is 0 Å². The van der Waals surface area contributed by atoms with Gasteiger partial charge in [0.1, 0.15) is 11.6 Å². The molecule has 0 radical (unpaired) electrons. The number of rotatable bonds is 4. The second kappa shape index (κ2) is 6.04. The lowest BCUT2D eigenvalue weighted by atomic mass is 10.0. The van der Waals surface area contributed by atoms with Crippen LogP contribution in [-0.4, -0.2) is 21.8 Å². The third kappa shape index (κ3) is 4.89. The maximum absolute atomic E-state index is 11.8. The molecule has 1 heterocycles. The van der Waals surface area contributed by atoms with Crippen LogP contribution in [0.3, 0.4) is 0 Å². The molecule has 0 unspecified atom stereocenters. The van der Waals surface area contributed by atoms with Gasteiger partial charge in [0.05, 0.1) is 0 Å². The van der Waals surface area contributed by atoms with Crippen molar-refractivity contribution in [3.05, 3.63) is 11.7 Å². The van der Waals surface area contributed by atoms with Crippen molar-refractivity contribution in [3.63, 3.8) is 0 Å². The van der Waals surface area contributed by atoms with E-state index in [2.05, 4.69) is 15.5 Å². The summed E-state index contributed by atoms with van der Waals surface area (Å²) < 4.78 is 10.4. The predicted molar refractivity (Wildman–Crippen MR) is 70.6 cm³/mol. The molecule has 0 aliphatic carbocycles. The molecule has 0 saturated heterocycles. The van der Waals surface area contributed by atoms with Crippen LogP contribution in [0.2, 0.25) is 0 Å². The summed E-state index contributed by atoms with van der Waals surface area (Å²) in [6.07, 6.45) is 0.211. The van der Waals surface area contributed by atoms with Gasteiger partial charge in [0.15, 0.2) is 5.82 Å². The quantitative estimate of drug-likeness (QED) is 0.909. The second-order valence-electron chi connectivity index (χ2n) is 5.77. The highest BCUT2D eigenvalue weighted by atomic mass is 16.6. The molecule has 1 aromatic heterocycles. The van der Waals surface area contributed by atoms with Gasteiger partial charge < -0.3 is 14.6 Å². The summed E-state index contributed by atoms with van der Waals surface area (Å²) in [7, 11) is 0. The third-order valence-electron chi connectivity index (χ3n) is 2.40. The van der Waals surface area contributed by atoms with Crippen LogP contribution in [0.15, 0.2) is 4.52 Å². The maximum Gasteiger partial charge on any atom is 0.408 e. The number of nitrogens with zero attached hydrogens (tertiary/aromatic N) is 2. The lowest BCUT2D eigenvalue weighted by molar-refractivity contribution is 0.0476. The van der Waals surface area contributed by atoms with Gasteiger partial charge >= 0.3 is 6.09 Å². The first-order valence-electron chi connectivity index (χ1n) is 6.55. The van der Waals surface area contributed by atoms with Crippen LogP contribution in [0.25, 0.3) is 0 Å². The minimum absolute atomic E-state index is 0.123. The Balaban J connectivity index is 2.76. The monoisotopic (exact) mass is 269 g/mol. The molecule has 0 saturated carbocycles. The molecule has 0 spiro atoms. The summed E-state index contributed by atoms with van der Waals surface area (Å²) in [5.74, 6) is 1.17. The molecule has 0 aliphatic rings. The number of ether oxygens (including phenoxy) is 1. The average Bonchev–Trinajstić information content (AvgIpc) is 2.71. The lowest BCUT2D eigenvalue weighted by Gasteiger charge is -2.23. The van der Waals surface area contributed by atoms with Crippen molar-refractivity contribution in [1.29, 1.82) is 0 Å². The molecule has 0 aliphatic heterocycles. The number of hydrogen-bond donors (Lipinski definition) is 1. The highest BCUT2D eigenvalue weighted by molar-refractivity contribution is 5.68. The Morgan fingerprint density at radius 3 is 2.47 bits per heavy atom. The van der Waals surface area contributed by atoms with Gasteiger partial charge in [0.2, 0.25) is 5.89 Å². The molecule has 19 heavy (non-hydrogen) atoms. The number of aromatic nitrogens is 2. The molecular weight excluding hydrogens is 246 g/mol. The molecule has 1 N–H and O–H groups in total. The van der Waals surface area contributed by atoms with Gasteiger partial charge in [-0.3, -0.25) is 0 Å². The van der Waals surface area contributed by atoms with Gasteiger partial charge in [0.25, 0.3) is 0 Å². The highest BCUT2D eigenvalue weighted by Crippen LogP contribution is 2.21. The first-order valence-corrected chi connectivity index (χ1v) is 6.55. The van der Waals surface area contributed by atoms with Crippen LogP contribution >= 0.6 is 0 Å². The third-order valence-corrected chi connectivity index (χ3v) is 2.40. The Morgan fingerprint density at radius 2 is 2.05 bits per heavy atom. The van der Waals surface area contributed by atoms with E-state index in [1.165, 1.54) is 0 Å². The molecule has 0 aromatic carbocycles. The SMILES string of the molecule is CCc1noc([C@@H](NC(=O)OC(C)(C)C)C(C)C)n1. The summed E-state index contributed by atoms with van der Waals surface area (Å²) in [5, 5.41) is 6.61. The van der Waals surface area contributed by atoms with Crippen LogP contribution in [0.1, 0.15) is 59.3 Å². The summed E-state index contributed by atoms with van der Waals surface area (Å²) in [6, 6.07) is -0.345. The van der Waals surface area contributed by atoms with Crippen molar-refractivity contribution in [2.45, 2.75) is 59.6 Å². The van der Waals surface area contributed by atoms with Crippen LogP contribution in [0.5, 0.6) is 0 Å². The van der Waals surface area contributed by atoms with Crippen LogP contribution in [0, 0.1) is 5.92 Å². The zero-order valence-corrected chi connectivity index (χ0v) is 12.5. The molecule has 108 valence electrons. The number of hydrogen-bond acceptors (Lipinski definition) is 5. The fraction of sp³-hybridized carbons (Fsp3) is 0.769. The number of nitrogens with one attached hydrogen (secondary N) is 1. The van der Waals surface area contributed by atoms with E-state index in [0.29, 0.717) is 18.1 Å². The summed E-state index contributed by atoms with van der Waals surface area (Å²) in [4.78, 5) is 16.1. The minimum Gasteiger partial charge on any atom is -0.444 e. The predicted octanol–water partition coefficient (Wildman–Crippen LogP) is 2.85. The normalized spacial score (nSPS) is 13.4. The fourth-order valence-electron chi connectivity index (χ4n) is 1.49. The van der Waals surface area contributed by atoms with E-state index in [4.69, 9.17) is 9.26 Å². The van der Waals surface area contributed by atoms with E-state index >= 15 is 0 Å². The van der Waals surface area contributed by atoms with E-state index in [0.717, 1.165) is 0 Å². The number of carbonyl (C=O) groups excluding carboxylic acids is 1. The smallest absolute Gasteiger partial charge is 0.408 e. The zero-order valence-electron chi connectivity index (χ0n) is 12.5. The van der Waals surface area contributed by atoms with E-state index in [9.17, 15) is 4.79 Å². The molecule has 6 nitrogen and oxygen atoms in total. The Bertz CT molecular complexity index is 421. The van der Waals surface area contributed by atoms with E-state index in [1.54, 1.807) is 0 Å². The zero-order chi connectivity index (χ0) is 14.6. The summed E-state index contributed by atoms with van der Waals surface area (Å²) >= 11 is 0. The Morgan fingerprint density at radius 1 is 1.42 bits per heavy atom. The van der Waals surface area contributed by atoms with Gasteiger partial charge in [-0.05, 0) is 26.7 Å². The van der Waals surface area contributed by atoms with Crippen molar-refractivity contribution < 1.29 is 14.1 Å². The largest absolute Gasteiger partial charge is 0.444 e. The van der Waals surface area contributed by atoms with E-state index < -0.39 is 11.7 Å². The molecule has 0 fully saturated rings. The summed E-state index contributed by atoms with van der Waals surface area (Å²) in [5.41, 5.74) is -0.533. The van der Waals surface area contributed by atoms with Crippen molar-refractivity contribution in [2.24, 2.45) is 5.92 Å². The lowest BCUT2D eigenvalue weighted by Crippen LogP contribution is -2.37. The minimum atomic E-state index is -0.533. The Kier molecular flexibility index (Phi) is 4.91. The molecule has 6 heteroatoms. The molecule has 1 aromatic rings. The Labute approximate surface area is 113 Å². The molecular formula is C13H23N3O3. The molecule has 1 atom stereocenters. The number of carbonyl (C=O) groups is 1. The first-order chi connectivity index (χ1) is 8.73. The van der Waals surface area contributed by atoms with Crippen LogP contribution in [-0.2, 0) is 11.2 Å². The van der Waals surface area contributed by atoms with Gasteiger partial charge in [-0.15, -0.1) is 0 Å². The standard InChI is InChI=1S/C13H23N3O3/c1-7-9-14-11(19-16-9)10(8(2)3)15-12(17)18-13(4,5)6/h8,10H,7H2,1-6H3,(H,15,17)/t10-/m0/s1. The fourth-order valence-corrected chi connectivity index (χ4v) is 1.49. The number of amides is 1. The maximum atomic E-state index is 11.8. The van der Waals surface area contributed by atoms with Gasteiger partial charge in [0, 0.05) is 6.42 Å². The van der Waals surface area contributed by atoms with E-state index in [-0.39, 0.29) is 12.0 Å². The van der Waals surface area contributed by atoms with Crippen molar-refractivity contribution in [1.82, 2.24) is 15.5 Å². The average molecular weight is 269 g/mol. The van der Waals surface area contributed by atoms with Gasteiger partial charge in [-0.2, -0.15) is 4.98 Å². The second-order valence-corrected chi connectivity index (χ2v) is 5.77. The number of aryl methyl sites for hydroxylation is 1. The summed E-state index contributed by atoms with van der Waals surface area (Å²) in [6.45, 7) is 11.3. The van der Waals surface area contributed by atoms with Crippen LogP contribution in [0.4, 0.5) is 4.79 Å². The van der Waals surface area contributed by atoms with Crippen molar-refractivity contribution in [2.75, 3.05) is 0 Å². The molecule has 1 rings (SSSR count).